The highest BCUT2D eigenvalue weighted by Gasteiger charge is 2.10. The van der Waals surface area contributed by atoms with Gasteiger partial charge in [0.15, 0.2) is 0 Å². The molecule has 1 amide bonds. The topological polar surface area (TPSA) is 71.5 Å². The lowest BCUT2D eigenvalue weighted by atomic mass is 10.2. The molecule has 1 aromatic heterocycles. The first-order chi connectivity index (χ1) is 11.6. The van der Waals surface area contributed by atoms with E-state index in [9.17, 15) is 9.90 Å². The van der Waals surface area contributed by atoms with Crippen LogP contribution in [0.25, 0.3) is 0 Å². The van der Waals surface area contributed by atoms with Gasteiger partial charge in [0.1, 0.15) is 17.2 Å². The van der Waals surface area contributed by atoms with Crippen LogP contribution in [0.1, 0.15) is 10.4 Å². The molecule has 3 rings (SSSR count). The zero-order valence-electron chi connectivity index (χ0n) is 12.4. The predicted molar refractivity (Wildman–Crippen MR) is 91.8 cm³/mol. The molecule has 2 aromatic carbocycles. The van der Waals surface area contributed by atoms with E-state index in [1.165, 1.54) is 12.1 Å². The van der Waals surface area contributed by atoms with Crippen molar-refractivity contribution in [1.29, 1.82) is 0 Å². The number of carbonyl (C=O) groups excluding carboxylic acids is 1. The third-order valence-electron chi connectivity index (χ3n) is 3.19. The Morgan fingerprint density at radius 3 is 2.58 bits per heavy atom. The number of benzene rings is 2. The quantitative estimate of drug-likeness (QED) is 0.687. The van der Waals surface area contributed by atoms with Crippen LogP contribution in [0.3, 0.4) is 0 Å². The van der Waals surface area contributed by atoms with Crippen LogP contribution in [0, 0.1) is 0 Å². The van der Waals surface area contributed by atoms with Gasteiger partial charge in [0.25, 0.3) is 5.91 Å². The summed E-state index contributed by atoms with van der Waals surface area (Å²) >= 11 is 5.77. The van der Waals surface area contributed by atoms with E-state index in [4.69, 9.17) is 16.3 Å². The first-order valence-corrected chi connectivity index (χ1v) is 7.47. The Labute approximate surface area is 143 Å². The maximum absolute atomic E-state index is 12.3. The van der Waals surface area contributed by atoms with Gasteiger partial charge in [-0.05, 0) is 42.5 Å². The third kappa shape index (κ3) is 3.83. The van der Waals surface area contributed by atoms with Gasteiger partial charge < -0.3 is 15.2 Å². The number of hydrogen-bond acceptors (Lipinski definition) is 4. The standard InChI is InChI=1S/C18H13ClN2O3/c19-13-4-5-16(17(22)11-13)21-18(23)12-2-1-3-15(10-12)24-14-6-8-20-9-7-14/h1-11,22H,(H,21,23). The second kappa shape index (κ2) is 7.02. The van der Waals surface area contributed by atoms with Crippen molar-refractivity contribution in [3.63, 3.8) is 0 Å². The summed E-state index contributed by atoms with van der Waals surface area (Å²) in [5.74, 6) is 0.680. The van der Waals surface area contributed by atoms with E-state index in [1.807, 2.05) is 0 Å². The number of pyridine rings is 1. The smallest absolute Gasteiger partial charge is 0.255 e. The summed E-state index contributed by atoms with van der Waals surface area (Å²) in [5.41, 5.74) is 0.681. The lowest BCUT2D eigenvalue weighted by molar-refractivity contribution is 0.102. The van der Waals surface area contributed by atoms with Crippen LogP contribution in [0.2, 0.25) is 5.02 Å². The number of aromatic nitrogens is 1. The Balaban J connectivity index is 1.77. The number of halogens is 1. The number of hydrogen-bond donors (Lipinski definition) is 2. The number of nitrogens with one attached hydrogen (secondary N) is 1. The summed E-state index contributed by atoms with van der Waals surface area (Å²) in [6, 6.07) is 14.7. The fourth-order valence-corrected chi connectivity index (χ4v) is 2.21. The van der Waals surface area contributed by atoms with Crippen LogP contribution in [-0.4, -0.2) is 16.0 Å². The lowest BCUT2D eigenvalue weighted by Crippen LogP contribution is -2.11. The van der Waals surface area contributed by atoms with Crippen LogP contribution in [0.5, 0.6) is 17.2 Å². The van der Waals surface area contributed by atoms with Gasteiger partial charge >= 0.3 is 0 Å². The number of ether oxygens (including phenoxy) is 1. The number of phenols is 1. The van der Waals surface area contributed by atoms with E-state index in [1.54, 1.807) is 54.9 Å². The van der Waals surface area contributed by atoms with Crippen LogP contribution in [0.4, 0.5) is 5.69 Å². The molecular formula is C18H13ClN2O3. The monoisotopic (exact) mass is 340 g/mol. The van der Waals surface area contributed by atoms with Gasteiger partial charge in [-0.1, -0.05) is 17.7 Å². The van der Waals surface area contributed by atoms with Crippen molar-refractivity contribution >= 4 is 23.2 Å². The van der Waals surface area contributed by atoms with Crippen LogP contribution < -0.4 is 10.1 Å². The highest BCUT2D eigenvalue weighted by molar-refractivity contribution is 6.30. The molecule has 0 bridgehead atoms. The van der Waals surface area contributed by atoms with Gasteiger partial charge in [0.2, 0.25) is 0 Å². The summed E-state index contributed by atoms with van der Waals surface area (Å²) < 4.78 is 5.67. The maximum Gasteiger partial charge on any atom is 0.255 e. The highest BCUT2D eigenvalue weighted by atomic mass is 35.5. The second-order valence-electron chi connectivity index (χ2n) is 4.93. The van der Waals surface area contributed by atoms with Gasteiger partial charge in [-0.2, -0.15) is 0 Å². The summed E-state index contributed by atoms with van der Waals surface area (Å²) in [6.07, 6.45) is 3.24. The summed E-state index contributed by atoms with van der Waals surface area (Å²) in [5, 5.41) is 12.8. The lowest BCUT2D eigenvalue weighted by Gasteiger charge is -2.09. The van der Waals surface area contributed by atoms with Crippen molar-refractivity contribution in [2.45, 2.75) is 0 Å². The Hall–Kier alpha value is -3.05. The Morgan fingerprint density at radius 2 is 1.83 bits per heavy atom. The van der Waals surface area contributed by atoms with Crippen LogP contribution in [-0.2, 0) is 0 Å². The second-order valence-corrected chi connectivity index (χ2v) is 5.36. The molecule has 0 saturated heterocycles. The van der Waals surface area contributed by atoms with Crippen molar-refractivity contribution in [3.05, 3.63) is 77.6 Å². The fraction of sp³-hybridized carbons (Fsp3) is 0. The van der Waals surface area contributed by atoms with Crippen molar-refractivity contribution in [3.8, 4) is 17.2 Å². The number of phenolic OH excluding ortho intramolecular Hbond substituents is 1. The zero-order chi connectivity index (χ0) is 16.9. The van der Waals surface area contributed by atoms with Crippen molar-refractivity contribution in [2.75, 3.05) is 5.32 Å². The van der Waals surface area contributed by atoms with Crippen molar-refractivity contribution < 1.29 is 14.6 Å². The van der Waals surface area contributed by atoms with Crippen LogP contribution in [0.15, 0.2) is 67.0 Å². The van der Waals surface area contributed by atoms with Gasteiger partial charge in [0.05, 0.1) is 5.69 Å². The molecule has 6 heteroatoms. The van der Waals surface area contributed by atoms with E-state index >= 15 is 0 Å². The summed E-state index contributed by atoms with van der Waals surface area (Å²) in [4.78, 5) is 16.3. The average Bonchev–Trinajstić information content (AvgIpc) is 2.58. The number of rotatable bonds is 4. The van der Waals surface area contributed by atoms with E-state index in [0.717, 1.165) is 0 Å². The third-order valence-corrected chi connectivity index (χ3v) is 3.42. The normalized spacial score (nSPS) is 10.2. The molecule has 24 heavy (non-hydrogen) atoms. The molecule has 0 aliphatic carbocycles. The zero-order valence-corrected chi connectivity index (χ0v) is 13.2. The van der Waals surface area contributed by atoms with Gasteiger partial charge in [-0.3, -0.25) is 9.78 Å². The van der Waals surface area contributed by atoms with E-state index in [-0.39, 0.29) is 17.3 Å². The first kappa shape index (κ1) is 15.8. The van der Waals surface area contributed by atoms with Gasteiger partial charge in [-0.15, -0.1) is 0 Å². The Morgan fingerprint density at radius 1 is 1.04 bits per heavy atom. The molecular weight excluding hydrogens is 328 g/mol. The van der Waals surface area contributed by atoms with Crippen molar-refractivity contribution in [1.82, 2.24) is 4.98 Å². The molecule has 3 aromatic rings. The van der Waals surface area contributed by atoms with Gasteiger partial charge in [-0.25, -0.2) is 0 Å². The highest BCUT2D eigenvalue weighted by Crippen LogP contribution is 2.27. The Kier molecular flexibility index (Phi) is 4.63. The summed E-state index contributed by atoms with van der Waals surface area (Å²) in [6.45, 7) is 0. The molecule has 120 valence electrons. The molecule has 1 heterocycles. The molecule has 0 aliphatic heterocycles. The van der Waals surface area contributed by atoms with Gasteiger partial charge in [0, 0.05) is 29.0 Å². The molecule has 0 saturated carbocycles. The molecule has 5 nitrogen and oxygen atoms in total. The average molecular weight is 341 g/mol. The minimum atomic E-state index is -0.368. The number of nitrogens with zero attached hydrogens (tertiary/aromatic N) is 1. The number of carbonyl (C=O) groups is 1. The molecule has 0 aliphatic rings. The first-order valence-electron chi connectivity index (χ1n) is 7.09. The minimum Gasteiger partial charge on any atom is -0.506 e. The molecule has 0 radical (unpaired) electrons. The maximum atomic E-state index is 12.3. The molecule has 0 atom stereocenters. The predicted octanol–water partition coefficient (Wildman–Crippen LogP) is 4.49. The number of amides is 1. The number of aromatic hydroxyl groups is 1. The van der Waals surface area contributed by atoms with E-state index in [2.05, 4.69) is 10.3 Å². The largest absolute Gasteiger partial charge is 0.506 e. The number of anilines is 1. The minimum absolute atomic E-state index is 0.0972. The molecule has 0 fully saturated rings. The van der Waals surface area contributed by atoms with Crippen LogP contribution >= 0.6 is 11.6 Å². The SMILES string of the molecule is O=C(Nc1ccc(Cl)cc1O)c1cccc(Oc2ccncc2)c1. The van der Waals surface area contributed by atoms with E-state index in [0.29, 0.717) is 22.1 Å². The molecule has 0 spiro atoms. The van der Waals surface area contributed by atoms with E-state index < -0.39 is 0 Å². The Bertz CT molecular complexity index is 869. The summed E-state index contributed by atoms with van der Waals surface area (Å²) in [7, 11) is 0. The van der Waals surface area contributed by atoms with Crippen molar-refractivity contribution in [2.24, 2.45) is 0 Å². The molecule has 0 unspecified atom stereocenters. The fourth-order valence-electron chi connectivity index (χ4n) is 2.05. The molecule has 2 N–H and O–H groups in total.